The first-order chi connectivity index (χ1) is 12.1. The summed E-state index contributed by atoms with van der Waals surface area (Å²) in [6.45, 7) is 7.14. The average Bonchev–Trinajstić information content (AvgIpc) is 2.54. The number of hydrogen-bond donors (Lipinski definition) is 0. The van der Waals surface area contributed by atoms with Crippen LogP contribution in [0.5, 0.6) is 0 Å². The molecule has 2 rings (SSSR count). The molecule has 0 saturated carbocycles. The fourth-order valence-corrected chi connectivity index (χ4v) is 4.26. The molecule has 0 unspecified atom stereocenters. The highest BCUT2D eigenvalue weighted by atomic mass is 32.2. The molecule has 1 fully saturated rings. The van der Waals surface area contributed by atoms with Gasteiger partial charge < -0.3 is 9.53 Å². The van der Waals surface area contributed by atoms with E-state index in [0.29, 0.717) is 31.7 Å². The van der Waals surface area contributed by atoms with E-state index in [1.807, 2.05) is 25.7 Å². The van der Waals surface area contributed by atoms with Crippen molar-refractivity contribution in [1.29, 1.82) is 0 Å². The fourth-order valence-electron chi connectivity index (χ4n) is 2.76. The van der Waals surface area contributed by atoms with Crippen LogP contribution in [0.2, 0.25) is 0 Å². The third-order valence-electron chi connectivity index (χ3n) is 3.96. The Bertz CT molecular complexity index is 747. The van der Waals surface area contributed by atoms with Crippen molar-refractivity contribution in [2.75, 3.05) is 32.7 Å². The van der Waals surface area contributed by atoms with Gasteiger partial charge in [0.1, 0.15) is 11.9 Å². The lowest BCUT2D eigenvalue weighted by molar-refractivity contribution is -0.156. The quantitative estimate of drug-likeness (QED) is 0.541. The molecular weight excluding hydrogens is 356 g/mol. The molecule has 1 aromatic carbocycles. The van der Waals surface area contributed by atoms with Crippen LogP contribution in [-0.2, 0) is 30.8 Å². The van der Waals surface area contributed by atoms with Gasteiger partial charge in [0, 0.05) is 32.6 Å². The Hall–Kier alpha value is -1.77. The first-order valence-corrected chi connectivity index (χ1v) is 10.0. The zero-order valence-corrected chi connectivity index (χ0v) is 16.3. The van der Waals surface area contributed by atoms with E-state index in [1.165, 1.54) is 16.4 Å². The molecule has 0 radical (unpaired) electrons. The minimum Gasteiger partial charge on any atom is -0.459 e. The second-order valence-electron chi connectivity index (χ2n) is 7.28. The van der Waals surface area contributed by atoms with Gasteiger partial charge in [-0.25, -0.2) is 8.42 Å². The molecule has 8 heteroatoms. The first kappa shape index (κ1) is 20.5. The van der Waals surface area contributed by atoms with E-state index in [-0.39, 0.29) is 23.8 Å². The number of hydrogen-bond acceptors (Lipinski definition) is 6. The second-order valence-corrected chi connectivity index (χ2v) is 9.22. The van der Waals surface area contributed by atoms with Gasteiger partial charge in [0.15, 0.2) is 0 Å². The van der Waals surface area contributed by atoms with E-state index in [0.717, 1.165) is 6.29 Å². The number of benzene rings is 1. The second kappa shape index (κ2) is 8.28. The van der Waals surface area contributed by atoms with Crippen LogP contribution < -0.4 is 0 Å². The largest absolute Gasteiger partial charge is 0.459 e. The molecular formula is C18H26N2O5S. The van der Waals surface area contributed by atoms with Gasteiger partial charge in [-0.15, -0.1) is 0 Å². The Morgan fingerprint density at radius 2 is 1.85 bits per heavy atom. The van der Waals surface area contributed by atoms with Crippen molar-refractivity contribution in [3.8, 4) is 0 Å². The normalized spacial score (nSPS) is 17.0. The van der Waals surface area contributed by atoms with E-state index in [4.69, 9.17) is 4.74 Å². The van der Waals surface area contributed by atoms with Crippen molar-refractivity contribution in [3.63, 3.8) is 0 Å². The zero-order valence-electron chi connectivity index (χ0n) is 15.5. The SMILES string of the molecule is CC(C)(C)OC(=O)CN1CCN(S(=O)(=O)c2cccc(CC=O)c2)CC1. The number of aldehydes is 1. The molecule has 7 nitrogen and oxygen atoms in total. The van der Waals surface area contributed by atoms with E-state index in [2.05, 4.69) is 0 Å². The fraction of sp³-hybridized carbons (Fsp3) is 0.556. The Balaban J connectivity index is 1.97. The number of carbonyl (C=O) groups is 2. The third-order valence-corrected chi connectivity index (χ3v) is 5.85. The number of nitrogens with zero attached hydrogens (tertiary/aromatic N) is 2. The Morgan fingerprint density at radius 1 is 1.19 bits per heavy atom. The molecule has 1 aromatic rings. The van der Waals surface area contributed by atoms with Crippen LogP contribution in [-0.4, -0.2) is 68.2 Å². The minimum atomic E-state index is -3.61. The number of ether oxygens (including phenoxy) is 1. The lowest BCUT2D eigenvalue weighted by atomic mass is 10.2. The minimum absolute atomic E-state index is 0.153. The predicted octanol–water partition coefficient (Wildman–Crippen LogP) is 1.08. The summed E-state index contributed by atoms with van der Waals surface area (Å²) < 4.78 is 32.3. The van der Waals surface area contributed by atoms with Crippen LogP contribution in [0.3, 0.4) is 0 Å². The van der Waals surface area contributed by atoms with Crippen LogP contribution >= 0.6 is 0 Å². The first-order valence-electron chi connectivity index (χ1n) is 8.59. The Kier molecular flexibility index (Phi) is 6.54. The van der Waals surface area contributed by atoms with Crippen LogP contribution in [0, 0.1) is 0 Å². The Labute approximate surface area is 155 Å². The summed E-state index contributed by atoms with van der Waals surface area (Å²) in [6, 6.07) is 6.45. The summed E-state index contributed by atoms with van der Waals surface area (Å²) >= 11 is 0. The van der Waals surface area contributed by atoms with Gasteiger partial charge in [-0.3, -0.25) is 9.69 Å². The van der Waals surface area contributed by atoms with Crippen molar-refractivity contribution in [2.45, 2.75) is 37.7 Å². The lowest BCUT2D eigenvalue weighted by Crippen LogP contribution is -2.50. The summed E-state index contributed by atoms with van der Waals surface area (Å²) in [5.74, 6) is -0.310. The van der Waals surface area contributed by atoms with Crippen molar-refractivity contribution in [1.82, 2.24) is 9.21 Å². The number of esters is 1. The third kappa shape index (κ3) is 5.62. The highest BCUT2D eigenvalue weighted by molar-refractivity contribution is 7.89. The molecule has 1 saturated heterocycles. The van der Waals surface area contributed by atoms with Crippen LogP contribution in [0.25, 0.3) is 0 Å². The molecule has 0 bridgehead atoms. The molecule has 26 heavy (non-hydrogen) atoms. The average molecular weight is 382 g/mol. The van der Waals surface area contributed by atoms with Crippen molar-refractivity contribution < 1.29 is 22.7 Å². The van der Waals surface area contributed by atoms with E-state index in [9.17, 15) is 18.0 Å². The molecule has 1 heterocycles. The van der Waals surface area contributed by atoms with Crippen molar-refractivity contribution >= 4 is 22.3 Å². The molecule has 1 aliphatic heterocycles. The number of rotatable bonds is 6. The number of carbonyl (C=O) groups excluding carboxylic acids is 2. The monoisotopic (exact) mass is 382 g/mol. The maximum atomic E-state index is 12.8. The van der Waals surface area contributed by atoms with Crippen molar-refractivity contribution in [2.24, 2.45) is 0 Å². The van der Waals surface area contributed by atoms with Gasteiger partial charge >= 0.3 is 5.97 Å². The molecule has 1 aliphatic rings. The van der Waals surface area contributed by atoms with E-state index >= 15 is 0 Å². The molecule has 0 aromatic heterocycles. The van der Waals surface area contributed by atoms with E-state index < -0.39 is 15.6 Å². The molecule has 0 N–H and O–H groups in total. The maximum absolute atomic E-state index is 12.8. The molecule has 0 amide bonds. The topological polar surface area (TPSA) is 84.0 Å². The zero-order chi connectivity index (χ0) is 19.4. The van der Waals surface area contributed by atoms with Gasteiger partial charge in [0.05, 0.1) is 11.4 Å². The summed E-state index contributed by atoms with van der Waals surface area (Å²) in [6.07, 6.45) is 0.939. The molecule has 0 aliphatic carbocycles. The molecule has 144 valence electrons. The van der Waals surface area contributed by atoms with Gasteiger partial charge in [0.2, 0.25) is 10.0 Å². The summed E-state index contributed by atoms with van der Waals surface area (Å²) in [4.78, 5) is 24.6. The molecule has 0 spiro atoms. The van der Waals surface area contributed by atoms with Gasteiger partial charge in [-0.05, 0) is 38.5 Å². The van der Waals surface area contributed by atoms with Crippen LogP contribution in [0.4, 0.5) is 0 Å². The van der Waals surface area contributed by atoms with E-state index in [1.54, 1.807) is 12.1 Å². The van der Waals surface area contributed by atoms with Crippen LogP contribution in [0.15, 0.2) is 29.2 Å². The summed E-state index contributed by atoms with van der Waals surface area (Å²) in [5.41, 5.74) is 0.138. The predicted molar refractivity (Wildman–Crippen MR) is 97.3 cm³/mol. The van der Waals surface area contributed by atoms with Gasteiger partial charge in [0.25, 0.3) is 0 Å². The highest BCUT2D eigenvalue weighted by Crippen LogP contribution is 2.19. The van der Waals surface area contributed by atoms with Crippen LogP contribution in [0.1, 0.15) is 26.3 Å². The maximum Gasteiger partial charge on any atom is 0.320 e. The highest BCUT2D eigenvalue weighted by Gasteiger charge is 2.30. The van der Waals surface area contributed by atoms with Gasteiger partial charge in [-0.1, -0.05) is 12.1 Å². The Morgan fingerprint density at radius 3 is 2.42 bits per heavy atom. The number of piperazine rings is 1. The summed E-state index contributed by atoms with van der Waals surface area (Å²) in [5, 5.41) is 0. The lowest BCUT2D eigenvalue weighted by Gasteiger charge is -2.34. The molecule has 0 atom stereocenters. The standard InChI is InChI=1S/C18H26N2O5S/c1-18(2,3)25-17(22)14-19-8-10-20(11-9-19)26(23,24)16-6-4-5-15(13-16)7-12-21/h4-6,12-13H,7-11,14H2,1-3H3. The smallest absolute Gasteiger partial charge is 0.320 e. The van der Waals surface area contributed by atoms with Crippen molar-refractivity contribution in [3.05, 3.63) is 29.8 Å². The summed E-state index contributed by atoms with van der Waals surface area (Å²) in [7, 11) is -3.61. The van der Waals surface area contributed by atoms with Gasteiger partial charge in [-0.2, -0.15) is 4.31 Å². The number of sulfonamides is 1.